The SMILES string of the molecule is Cc1nccn2c(C3CCOCC3)nc(Br)c12. The molecule has 0 aliphatic carbocycles. The van der Waals surface area contributed by atoms with Crippen molar-refractivity contribution in [3.8, 4) is 0 Å². The van der Waals surface area contributed by atoms with Crippen molar-refractivity contribution < 1.29 is 4.74 Å². The van der Waals surface area contributed by atoms with E-state index in [4.69, 9.17) is 4.74 Å². The number of nitrogens with zero attached hydrogens (tertiary/aromatic N) is 3. The molecule has 0 spiro atoms. The van der Waals surface area contributed by atoms with Gasteiger partial charge in [0, 0.05) is 31.5 Å². The maximum Gasteiger partial charge on any atom is 0.134 e. The molecule has 1 fully saturated rings. The van der Waals surface area contributed by atoms with E-state index in [1.165, 1.54) is 0 Å². The van der Waals surface area contributed by atoms with Crippen LogP contribution in [0.15, 0.2) is 17.0 Å². The van der Waals surface area contributed by atoms with E-state index < -0.39 is 0 Å². The smallest absolute Gasteiger partial charge is 0.134 e. The van der Waals surface area contributed by atoms with Crippen molar-refractivity contribution in [1.29, 1.82) is 0 Å². The summed E-state index contributed by atoms with van der Waals surface area (Å²) in [4.78, 5) is 8.97. The molecule has 2 aromatic heterocycles. The zero-order valence-corrected chi connectivity index (χ0v) is 11.3. The molecule has 0 aromatic carbocycles. The molecule has 0 atom stereocenters. The highest BCUT2D eigenvalue weighted by molar-refractivity contribution is 9.10. The Kier molecular flexibility index (Phi) is 2.88. The molecule has 0 radical (unpaired) electrons. The Morgan fingerprint density at radius 2 is 2.18 bits per heavy atom. The lowest BCUT2D eigenvalue weighted by Crippen LogP contribution is -2.16. The summed E-state index contributed by atoms with van der Waals surface area (Å²) in [5.74, 6) is 1.62. The van der Waals surface area contributed by atoms with Crippen LogP contribution in [0.25, 0.3) is 5.52 Å². The minimum Gasteiger partial charge on any atom is -0.381 e. The van der Waals surface area contributed by atoms with Crippen molar-refractivity contribution in [3.63, 3.8) is 0 Å². The monoisotopic (exact) mass is 295 g/mol. The third-order valence-electron chi connectivity index (χ3n) is 3.31. The van der Waals surface area contributed by atoms with Gasteiger partial charge in [0.25, 0.3) is 0 Å². The highest BCUT2D eigenvalue weighted by Crippen LogP contribution is 2.30. The van der Waals surface area contributed by atoms with E-state index in [9.17, 15) is 0 Å². The molecule has 2 aromatic rings. The first-order chi connectivity index (χ1) is 8.27. The third kappa shape index (κ3) is 1.87. The van der Waals surface area contributed by atoms with Crippen LogP contribution in [0, 0.1) is 6.92 Å². The fourth-order valence-corrected chi connectivity index (χ4v) is 3.07. The fourth-order valence-electron chi connectivity index (χ4n) is 2.41. The van der Waals surface area contributed by atoms with Gasteiger partial charge in [0.15, 0.2) is 0 Å². The molecule has 5 heteroatoms. The van der Waals surface area contributed by atoms with Crippen molar-refractivity contribution in [2.75, 3.05) is 13.2 Å². The van der Waals surface area contributed by atoms with Gasteiger partial charge in [0.2, 0.25) is 0 Å². The molecule has 1 aliphatic rings. The summed E-state index contributed by atoms with van der Waals surface area (Å²) in [5.41, 5.74) is 2.08. The van der Waals surface area contributed by atoms with E-state index in [-0.39, 0.29) is 0 Å². The number of halogens is 1. The van der Waals surface area contributed by atoms with Gasteiger partial charge in [-0.1, -0.05) is 0 Å². The average Bonchev–Trinajstić information content (AvgIpc) is 2.69. The van der Waals surface area contributed by atoms with Gasteiger partial charge in [0.1, 0.15) is 15.9 Å². The van der Waals surface area contributed by atoms with E-state index >= 15 is 0 Å². The number of imidazole rings is 1. The lowest BCUT2D eigenvalue weighted by Gasteiger charge is -2.20. The molecule has 0 bridgehead atoms. The molecule has 0 N–H and O–H groups in total. The van der Waals surface area contributed by atoms with Gasteiger partial charge in [-0.05, 0) is 35.7 Å². The summed E-state index contributed by atoms with van der Waals surface area (Å²) >= 11 is 3.53. The molecule has 3 heterocycles. The minimum absolute atomic E-state index is 0.490. The highest BCUT2D eigenvalue weighted by atomic mass is 79.9. The molecule has 3 rings (SSSR count). The van der Waals surface area contributed by atoms with Crippen LogP contribution in [0.2, 0.25) is 0 Å². The Morgan fingerprint density at radius 3 is 2.94 bits per heavy atom. The van der Waals surface area contributed by atoms with Crippen molar-refractivity contribution in [1.82, 2.24) is 14.4 Å². The molecule has 17 heavy (non-hydrogen) atoms. The maximum atomic E-state index is 5.40. The number of hydrogen-bond acceptors (Lipinski definition) is 3. The molecule has 90 valence electrons. The zero-order valence-electron chi connectivity index (χ0n) is 9.69. The van der Waals surface area contributed by atoms with Crippen molar-refractivity contribution >= 4 is 21.4 Å². The number of fused-ring (bicyclic) bond motifs is 1. The topological polar surface area (TPSA) is 39.4 Å². The standard InChI is InChI=1S/C12H14BrN3O/c1-8-10-11(13)15-12(16(10)5-4-14-8)9-2-6-17-7-3-9/h4-5,9H,2-3,6-7H2,1H3. The lowest BCUT2D eigenvalue weighted by atomic mass is 10.00. The number of hydrogen-bond donors (Lipinski definition) is 0. The second-order valence-electron chi connectivity index (χ2n) is 4.38. The summed E-state index contributed by atoms with van der Waals surface area (Å²) in [6.45, 7) is 3.68. The van der Waals surface area contributed by atoms with Crippen LogP contribution in [0.3, 0.4) is 0 Å². The summed E-state index contributed by atoms with van der Waals surface area (Å²) in [7, 11) is 0. The number of rotatable bonds is 1. The second kappa shape index (κ2) is 4.38. The Balaban J connectivity index is 2.13. The van der Waals surface area contributed by atoms with E-state index in [2.05, 4.69) is 30.3 Å². The first kappa shape index (κ1) is 11.2. The van der Waals surface area contributed by atoms with Gasteiger partial charge in [-0.3, -0.25) is 9.38 Å². The van der Waals surface area contributed by atoms with Crippen LogP contribution in [0.1, 0.15) is 30.3 Å². The van der Waals surface area contributed by atoms with Crippen LogP contribution in [-0.2, 0) is 4.74 Å². The van der Waals surface area contributed by atoms with E-state index in [1.807, 2.05) is 19.3 Å². The predicted molar refractivity (Wildman–Crippen MR) is 68.2 cm³/mol. The lowest BCUT2D eigenvalue weighted by molar-refractivity contribution is 0.0834. The Hall–Kier alpha value is -0.940. The first-order valence-electron chi connectivity index (χ1n) is 5.84. The minimum atomic E-state index is 0.490. The highest BCUT2D eigenvalue weighted by Gasteiger charge is 2.22. The van der Waals surface area contributed by atoms with Gasteiger partial charge >= 0.3 is 0 Å². The third-order valence-corrected chi connectivity index (χ3v) is 3.86. The van der Waals surface area contributed by atoms with Crippen molar-refractivity contribution in [2.24, 2.45) is 0 Å². The fraction of sp³-hybridized carbons (Fsp3) is 0.500. The van der Waals surface area contributed by atoms with Gasteiger partial charge in [-0.2, -0.15) is 0 Å². The molecule has 0 amide bonds. The van der Waals surface area contributed by atoms with E-state index in [1.54, 1.807) is 0 Å². The van der Waals surface area contributed by atoms with Gasteiger partial charge in [0.05, 0.1) is 5.69 Å². The first-order valence-corrected chi connectivity index (χ1v) is 6.63. The number of aryl methyl sites for hydroxylation is 1. The van der Waals surface area contributed by atoms with Crippen LogP contribution in [-0.4, -0.2) is 27.6 Å². The summed E-state index contributed by atoms with van der Waals surface area (Å²) < 4.78 is 8.45. The Bertz CT molecular complexity index is 546. The molecule has 1 aliphatic heterocycles. The van der Waals surface area contributed by atoms with Crippen LogP contribution in [0.5, 0.6) is 0 Å². The molecular weight excluding hydrogens is 282 g/mol. The number of ether oxygens (including phenoxy) is 1. The molecular formula is C12H14BrN3O. The normalized spacial score (nSPS) is 17.8. The van der Waals surface area contributed by atoms with Crippen molar-refractivity contribution in [2.45, 2.75) is 25.7 Å². The van der Waals surface area contributed by atoms with Gasteiger partial charge < -0.3 is 4.74 Å². The quantitative estimate of drug-likeness (QED) is 0.812. The Morgan fingerprint density at radius 1 is 1.41 bits per heavy atom. The van der Waals surface area contributed by atoms with Crippen LogP contribution < -0.4 is 0 Å². The summed E-state index contributed by atoms with van der Waals surface area (Å²) in [6.07, 6.45) is 5.92. The van der Waals surface area contributed by atoms with Gasteiger partial charge in [-0.25, -0.2) is 4.98 Å². The number of aromatic nitrogens is 3. The van der Waals surface area contributed by atoms with Gasteiger partial charge in [-0.15, -0.1) is 0 Å². The zero-order chi connectivity index (χ0) is 11.8. The van der Waals surface area contributed by atoms with E-state index in [0.29, 0.717) is 5.92 Å². The molecule has 1 saturated heterocycles. The summed E-state index contributed by atoms with van der Waals surface area (Å²) in [6, 6.07) is 0. The Labute approximate surface area is 108 Å². The summed E-state index contributed by atoms with van der Waals surface area (Å²) in [5, 5.41) is 0. The van der Waals surface area contributed by atoms with Crippen molar-refractivity contribution in [3.05, 3.63) is 28.5 Å². The van der Waals surface area contributed by atoms with Crippen LogP contribution in [0.4, 0.5) is 0 Å². The van der Waals surface area contributed by atoms with E-state index in [0.717, 1.165) is 47.7 Å². The predicted octanol–water partition coefficient (Wildman–Crippen LogP) is 2.69. The molecule has 4 nitrogen and oxygen atoms in total. The second-order valence-corrected chi connectivity index (χ2v) is 5.13. The largest absolute Gasteiger partial charge is 0.381 e. The average molecular weight is 296 g/mol. The van der Waals surface area contributed by atoms with Crippen LogP contribution >= 0.6 is 15.9 Å². The molecule has 0 unspecified atom stereocenters. The maximum absolute atomic E-state index is 5.40. The molecule has 0 saturated carbocycles.